The number of nitrogens with zero attached hydrogens (tertiary/aromatic N) is 2. The van der Waals surface area contributed by atoms with E-state index in [1.165, 1.54) is 37.1 Å². The summed E-state index contributed by atoms with van der Waals surface area (Å²) in [5.74, 6) is 0. The summed E-state index contributed by atoms with van der Waals surface area (Å²) in [6.45, 7) is 2.49. The highest BCUT2D eigenvalue weighted by atomic mass is 16.3. The molecule has 0 aromatic heterocycles. The number of piperidine rings is 1. The average molecular weight is 262 g/mol. The van der Waals surface area contributed by atoms with Crippen molar-refractivity contribution in [2.75, 3.05) is 32.1 Å². The first-order valence-electron chi connectivity index (χ1n) is 7.32. The molecule has 0 aliphatic carbocycles. The molecule has 1 aromatic rings. The first-order valence-corrected chi connectivity index (χ1v) is 7.32. The van der Waals surface area contributed by atoms with Crippen LogP contribution < -0.4 is 4.90 Å². The van der Waals surface area contributed by atoms with Gasteiger partial charge in [0.25, 0.3) is 0 Å². The second-order valence-corrected chi connectivity index (χ2v) is 5.69. The molecule has 0 bridgehead atoms. The lowest BCUT2D eigenvalue weighted by atomic mass is 9.99. The van der Waals surface area contributed by atoms with Gasteiger partial charge < -0.3 is 10.0 Å². The van der Waals surface area contributed by atoms with Crippen molar-refractivity contribution < 1.29 is 5.11 Å². The van der Waals surface area contributed by atoms with Crippen LogP contribution in [-0.4, -0.2) is 43.3 Å². The quantitative estimate of drug-likeness (QED) is 0.883. The van der Waals surface area contributed by atoms with E-state index in [2.05, 4.69) is 48.2 Å². The monoisotopic (exact) mass is 262 g/mol. The standard InChI is InChI=1S/C16H26N2O/c1-17(2)15-8-6-14(7-9-15)13-18-11-4-3-5-16(18)10-12-19/h6-9,16,19H,3-5,10-13H2,1-2H3. The molecule has 1 aliphatic heterocycles. The number of likely N-dealkylation sites (tertiary alicyclic amines) is 1. The molecule has 1 saturated heterocycles. The van der Waals surface area contributed by atoms with Gasteiger partial charge in [0.15, 0.2) is 0 Å². The summed E-state index contributed by atoms with van der Waals surface area (Å²) in [5.41, 5.74) is 2.62. The molecule has 1 unspecified atom stereocenters. The Hall–Kier alpha value is -1.06. The van der Waals surface area contributed by atoms with Crippen LogP contribution in [0.25, 0.3) is 0 Å². The van der Waals surface area contributed by atoms with Crippen molar-refractivity contribution in [2.24, 2.45) is 0 Å². The van der Waals surface area contributed by atoms with Gasteiger partial charge in [0, 0.05) is 39.0 Å². The molecule has 0 radical (unpaired) electrons. The Morgan fingerprint density at radius 1 is 1.21 bits per heavy atom. The minimum Gasteiger partial charge on any atom is -0.396 e. The lowest BCUT2D eigenvalue weighted by Crippen LogP contribution is -2.39. The molecule has 1 atom stereocenters. The summed E-state index contributed by atoms with van der Waals surface area (Å²) >= 11 is 0. The molecule has 2 rings (SSSR count). The average Bonchev–Trinajstić information content (AvgIpc) is 2.42. The molecule has 0 saturated carbocycles. The van der Waals surface area contributed by atoms with E-state index in [-0.39, 0.29) is 0 Å². The van der Waals surface area contributed by atoms with Gasteiger partial charge in [0.1, 0.15) is 0 Å². The fraction of sp³-hybridized carbons (Fsp3) is 0.625. The molecule has 106 valence electrons. The number of anilines is 1. The highest BCUT2D eigenvalue weighted by Crippen LogP contribution is 2.22. The molecule has 1 aliphatic rings. The zero-order valence-corrected chi connectivity index (χ0v) is 12.2. The van der Waals surface area contributed by atoms with Gasteiger partial charge in [-0.1, -0.05) is 18.6 Å². The Kier molecular flexibility index (Phi) is 5.23. The van der Waals surface area contributed by atoms with E-state index < -0.39 is 0 Å². The van der Waals surface area contributed by atoms with Gasteiger partial charge in [0.2, 0.25) is 0 Å². The van der Waals surface area contributed by atoms with Gasteiger partial charge in [-0.15, -0.1) is 0 Å². The first kappa shape index (κ1) is 14.4. The summed E-state index contributed by atoms with van der Waals surface area (Å²) < 4.78 is 0. The van der Waals surface area contributed by atoms with Crippen molar-refractivity contribution in [3.05, 3.63) is 29.8 Å². The molecule has 1 fully saturated rings. The predicted octanol–water partition coefficient (Wildman–Crippen LogP) is 2.49. The zero-order chi connectivity index (χ0) is 13.7. The molecular weight excluding hydrogens is 236 g/mol. The molecule has 1 heterocycles. The predicted molar refractivity (Wildman–Crippen MR) is 80.5 cm³/mol. The highest BCUT2D eigenvalue weighted by molar-refractivity contribution is 5.45. The van der Waals surface area contributed by atoms with E-state index >= 15 is 0 Å². The smallest absolute Gasteiger partial charge is 0.0445 e. The number of hydrogen-bond acceptors (Lipinski definition) is 3. The summed E-state index contributed by atoms with van der Waals surface area (Å²) in [5, 5.41) is 9.17. The number of benzene rings is 1. The van der Waals surface area contributed by atoms with E-state index in [1.807, 2.05) is 0 Å². The van der Waals surface area contributed by atoms with Gasteiger partial charge in [-0.2, -0.15) is 0 Å². The summed E-state index contributed by atoms with van der Waals surface area (Å²) in [6, 6.07) is 9.37. The Morgan fingerprint density at radius 2 is 1.95 bits per heavy atom. The Balaban J connectivity index is 1.98. The Bertz CT molecular complexity index is 373. The fourth-order valence-corrected chi connectivity index (χ4v) is 2.88. The maximum atomic E-state index is 9.17. The highest BCUT2D eigenvalue weighted by Gasteiger charge is 2.21. The van der Waals surface area contributed by atoms with Crippen LogP contribution in [0.15, 0.2) is 24.3 Å². The van der Waals surface area contributed by atoms with Crippen molar-refractivity contribution in [3.8, 4) is 0 Å². The van der Waals surface area contributed by atoms with Crippen molar-refractivity contribution in [3.63, 3.8) is 0 Å². The lowest BCUT2D eigenvalue weighted by Gasteiger charge is -2.35. The summed E-state index contributed by atoms with van der Waals surface area (Å²) in [6.07, 6.45) is 4.74. The van der Waals surface area contributed by atoms with Gasteiger partial charge >= 0.3 is 0 Å². The molecular formula is C16H26N2O. The SMILES string of the molecule is CN(C)c1ccc(CN2CCCCC2CCO)cc1. The number of aliphatic hydroxyl groups is 1. The van der Waals surface area contributed by atoms with Crippen LogP contribution in [0.2, 0.25) is 0 Å². The lowest BCUT2D eigenvalue weighted by molar-refractivity contribution is 0.112. The van der Waals surface area contributed by atoms with Gasteiger partial charge in [-0.3, -0.25) is 4.90 Å². The Morgan fingerprint density at radius 3 is 2.58 bits per heavy atom. The van der Waals surface area contributed by atoms with E-state index in [4.69, 9.17) is 5.11 Å². The van der Waals surface area contributed by atoms with Crippen LogP contribution in [0.5, 0.6) is 0 Å². The third-order valence-electron chi connectivity index (χ3n) is 4.05. The van der Waals surface area contributed by atoms with Gasteiger partial charge in [-0.25, -0.2) is 0 Å². The Labute approximate surface area is 116 Å². The van der Waals surface area contributed by atoms with Crippen molar-refractivity contribution in [1.29, 1.82) is 0 Å². The number of hydrogen-bond donors (Lipinski definition) is 1. The van der Waals surface area contributed by atoms with Crippen molar-refractivity contribution in [2.45, 2.75) is 38.3 Å². The van der Waals surface area contributed by atoms with Gasteiger partial charge in [-0.05, 0) is 43.5 Å². The molecule has 3 heteroatoms. The van der Waals surface area contributed by atoms with Gasteiger partial charge in [0.05, 0.1) is 0 Å². The van der Waals surface area contributed by atoms with Crippen LogP contribution in [0.4, 0.5) is 5.69 Å². The number of aliphatic hydroxyl groups excluding tert-OH is 1. The van der Waals surface area contributed by atoms with E-state index in [9.17, 15) is 0 Å². The molecule has 1 aromatic carbocycles. The maximum Gasteiger partial charge on any atom is 0.0445 e. The summed E-state index contributed by atoms with van der Waals surface area (Å²) in [7, 11) is 4.13. The summed E-state index contributed by atoms with van der Waals surface area (Å²) in [4.78, 5) is 4.66. The largest absolute Gasteiger partial charge is 0.396 e. The fourth-order valence-electron chi connectivity index (χ4n) is 2.88. The second kappa shape index (κ2) is 6.92. The second-order valence-electron chi connectivity index (χ2n) is 5.69. The first-order chi connectivity index (χ1) is 9.20. The van der Waals surface area contributed by atoms with E-state index in [0.29, 0.717) is 12.6 Å². The molecule has 0 amide bonds. The van der Waals surface area contributed by atoms with Crippen LogP contribution in [-0.2, 0) is 6.54 Å². The van der Waals surface area contributed by atoms with Crippen molar-refractivity contribution in [1.82, 2.24) is 4.90 Å². The normalized spacial score (nSPS) is 20.5. The van der Waals surface area contributed by atoms with Crippen LogP contribution in [0.3, 0.4) is 0 Å². The van der Waals surface area contributed by atoms with Crippen molar-refractivity contribution >= 4 is 5.69 Å². The molecule has 3 nitrogen and oxygen atoms in total. The third-order valence-corrected chi connectivity index (χ3v) is 4.05. The molecule has 1 N–H and O–H groups in total. The third kappa shape index (κ3) is 3.95. The van der Waals surface area contributed by atoms with Crippen LogP contribution in [0.1, 0.15) is 31.2 Å². The van der Waals surface area contributed by atoms with E-state index in [0.717, 1.165) is 13.0 Å². The minimum absolute atomic E-state index is 0.306. The zero-order valence-electron chi connectivity index (χ0n) is 12.2. The minimum atomic E-state index is 0.306. The van der Waals surface area contributed by atoms with Crippen LogP contribution in [0, 0.1) is 0 Å². The van der Waals surface area contributed by atoms with E-state index in [1.54, 1.807) is 0 Å². The van der Waals surface area contributed by atoms with Crippen LogP contribution >= 0.6 is 0 Å². The number of rotatable bonds is 5. The maximum absolute atomic E-state index is 9.17. The topological polar surface area (TPSA) is 26.7 Å². The molecule has 0 spiro atoms. The molecule has 19 heavy (non-hydrogen) atoms.